The zero-order valence-corrected chi connectivity index (χ0v) is 15.5. The van der Waals surface area contributed by atoms with E-state index in [-0.39, 0.29) is 0 Å². The minimum atomic E-state index is 0.502. The van der Waals surface area contributed by atoms with E-state index in [0.717, 1.165) is 51.5 Å². The molecule has 0 bridgehead atoms. The summed E-state index contributed by atoms with van der Waals surface area (Å²) in [6.07, 6.45) is 7.14. The van der Waals surface area contributed by atoms with Crippen LogP contribution in [0.4, 0.5) is 5.82 Å². The number of pyridine rings is 1. The molecule has 2 N–H and O–H groups in total. The number of imidazole rings is 1. The normalized spacial score (nSPS) is 15.1. The molecule has 0 saturated carbocycles. The molecule has 1 fully saturated rings. The molecule has 134 valence electrons. The van der Waals surface area contributed by atoms with E-state index in [9.17, 15) is 0 Å². The zero-order valence-electron chi connectivity index (χ0n) is 14.7. The maximum atomic E-state index is 6.23. The van der Waals surface area contributed by atoms with Crippen molar-refractivity contribution in [2.24, 2.45) is 7.05 Å². The van der Waals surface area contributed by atoms with Gasteiger partial charge in [0.2, 0.25) is 0 Å². The summed E-state index contributed by atoms with van der Waals surface area (Å²) >= 11 is 1.68. The lowest BCUT2D eigenvalue weighted by Crippen LogP contribution is -2.37. The summed E-state index contributed by atoms with van der Waals surface area (Å²) in [4.78, 5) is 11.9. The van der Waals surface area contributed by atoms with Gasteiger partial charge in [-0.3, -0.25) is 0 Å². The first-order chi connectivity index (χ1) is 12.7. The Morgan fingerprint density at radius 3 is 2.88 bits per heavy atom. The van der Waals surface area contributed by atoms with E-state index in [1.165, 1.54) is 19.5 Å². The average Bonchev–Trinajstić information content (AvgIpc) is 3.29. The number of hydrogen-bond donors (Lipinski definition) is 1. The van der Waals surface area contributed by atoms with E-state index in [0.29, 0.717) is 5.82 Å². The summed E-state index contributed by atoms with van der Waals surface area (Å²) < 4.78 is 5.16. The molecule has 0 amide bonds. The SMILES string of the molecule is Cn1c(CCCN2CCC2)nc2c(N)nc3cc(-n4cccn4)sc3c21. The quantitative estimate of drug-likeness (QED) is 0.587. The molecule has 1 aliphatic rings. The number of rotatable bonds is 5. The Balaban J connectivity index is 1.55. The van der Waals surface area contributed by atoms with Crippen LogP contribution in [0.5, 0.6) is 0 Å². The second-order valence-electron chi connectivity index (χ2n) is 6.83. The van der Waals surface area contributed by atoms with Gasteiger partial charge in [-0.2, -0.15) is 5.10 Å². The van der Waals surface area contributed by atoms with Gasteiger partial charge in [-0.1, -0.05) is 0 Å². The average molecular weight is 367 g/mol. The van der Waals surface area contributed by atoms with Gasteiger partial charge in [0.05, 0.1) is 15.7 Å². The van der Waals surface area contributed by atoms with Crippen LogP contribution in [0.1, 0.15) is 18.7 Å². The summed E-state index contributed by atoms with van der Waals surface area (Å²) in [6, 6.07) is 3.96. The number of aryl methyl sites for hydroxylation is 2. The van der Waals surface area contributed by atoms with Gasteiger partial charge in [0.15, 0.2) is 5.82 Å². The second-order valence-corrected chi connectivity index (χ2v) is 7.86. The van der Waals surface area contributed by atoms with Crippen molar-refractivity contribution in [1.29, 1.82) is 0 Å². The Morgan fingerprint density at radius 2 is 2.15 bits per heavy atom. The molecule has 5 heterocycles. The van der Waals surface area contributed by atoms with Crippen LogP contribution < -0.4 is 5.73 Å². The molecule has 0 radical (unpaired) electrons. The first kappa shape index (κ1) is 15.8. The predicted octanol–water partition coefficient (Wildman–Crippen LogP) is 2.59. The second kappa shape index (κ2) is 6.07. The van der Waals surface area contributed by atoms with Gasteiger partial charge in [-0.05, 0) is 38.5 Å². The van der Waals surface area contributed by atoms with Crippen molar-refractivity contribution >= 4 is 38.4 Å². The molecule has 0 atom stereocenters. The molecule has 0 unspecified atom stereocenters. The molecule has 5 rings (SSSR count). The third-order valence-corrected chi connectivity index (χ3v) is 6.26. The van der Waals surface area contributed by atoms with E-state index >= 15 is 0 Å². The van der Waals surface area contributed by atoms with Crippen LogP contribution in [-0.2, 0) is 13.5 Å². The van der Waals surface area contributed by atoms with Crippen LogP contribution in [0.2, 0.25) is 0 Å². The third-order valence-electron chi connectivity index (χ3n) is 5.14. The van der Waals surface area contributed by atoms with Gasteiger partial charge >= 0.3 is 0 Å². The Bertz CT molecular complexity index is 1070. The van der Waals surface area contributed by atoms with E-state index in [1.807, 2.05) is 23.0 Å². The van der Waals surface area contributed by atoms with E-state index in [4.69, 9.17) is 10.7 Å². The fourth-order valence-electron chi connectivity index (χ4n) is 3.59. The number of nitrogen functional groups attached to an aromatic ring is 1. The molecule has 8 heteroatoms. The predicted molar refractivity (Wildman–Crippen MR) is 105 cm³/mol. The van der Waals surface area contributed by atoms with Crippen LogP contribution in [0.25, 0.3) is 26.3 Å². The lowest BCUT2D eigenvalue weighted by Gasteiger charge is -2.30. The number of hydrogen-bond acceptors (Lipinski definition) is 6. The lowest BCUT2D eigenvalue weighted by atomic mass is 10.2. The van der Waals surface area contributed by atoms with Crippen molar-refractivity contribution in [3.63, 3.8) is 0 Å². The van der Waals surface area contributed by atoms with Crippen molar-refractivity contribution in [3.05, 3.63) is 30.4 Å². The highest BCUT2D eigenvalue weighted by Crippen LogP contribution is 2.35. The summed E-state index contributed by atoms with van der Waals surface area (Å²) in [5.41, 5.74) is 9.02. The molecule has 1 saturated heterocycles. The molecule has 4 aromatic heterocycles. The van der Waals surface area contributed by atoms with E-state index < -0.39 is 0 Å². The maximum Gasteiger partial charge on any atom is 0.152 e. The van der Waals surface area contributed by atoms with Crippen LogP contribution in [0, 0.1) is 0 Å². The Labute approximate surface area is 155 Å². The van der Waals surface area contributed by atoms with Crippen LogP contribution in [-0.4, -0.2) is 48.8 Å². The summed E-state index contributed by atoms with van der Waals surface area (Å²) in [5.74, 6) is 1.58. The Hall–Kier alpha value is -2.45. The molecule has 1 aliphatic heterocycles. The first-order valence-corrected chi connectivity index (χ1v) is 9.79. The molecule has 0 spiro atoms. The minimum absolute atomic E-state index is 0.502. The van der Waals surface area contributed by atoms with Crippen molar-refractivity contribution in [3.8, 4) is 5.00 Å². The number of nitrogens with two attached hydrogens (primary N) is 1. The van der Waals surface area contributed by atoms with Gasteiger partial charge in [-0.15, -0.1) is 11.3 Å². The third kappa shape index (κ3) is 2.48. The van der Waals surface area contributed by atoms with Crippen molar-refractivity contribution in [2.75, 3.05) is 25.4 Å². The van der Waals surface area contributed by atoms with Crippen LogP contribution >= 0.6 is 11.3 Å². The van der Waals surface area contributed by atoms with Gasteiger partial charge in [0.1, 0.15) is 16.3 Å². The zero-order chi connectivity index (χ0) is 17.7. The fraction of sp³-hybridized carbons (Fsp3) is 0.389. The molecule has 0 aromatic carbocycles. The molecule has 4 aromatic rings. The monoisotopic (exact) mass is 367 g/mol. The minimum Gasteiger partial charge on any atom is -0.382 e. The maximum absolute atomic E-state index is 6.23. The topological polar surface area (TPSA) is 77.8 Å². The van der Waals surface area contributed by atoms with Crippen molar-refractivity contribution in [2.45, 2.75) is 19.3 Å². The molecule has 7 nitrogen and oxygen atoms in total. The van der Waals surface area contributed by atoms with Crippen molar-refractivity contribution in [1.82, 2.24) is 29.2 Å². The van der Waals surface area contributed by atoms with E-state index in [1.54, 1.807) is 17.5 Å². The number of aromatic nitrogens is 5. The number of thiophene rings is 1. The molecular weight excluding hydrogens is 346 g/mol. The molecule has 0 aliphatic carbocycles. The van der Waals surface area contributed by atoms with E-state index in [2.05, 4.69) is 26.6 Å². The highest BCUT2D eigenvalue weighted by atomic mass is 32.1. The van der Waals surface area contributed by atoms with Gasteiger partial charge in [0.25, 0.3) is 0 Å². The number of fused-ring (bicyclic) bond motifs is 3. The number of anilines is 1. The number of nitrogens with zero attached hydrogens (tertiary/aromatic N) is 6. The summed E-state index contributed by atoms with van der Waals surface area (Å²) in [5, 5.41) is 5.36. The molecular formula is C18H21N7S. The van der Waals surface area contributed by atoms with Gasteiger partial charge in [-0.25, -0.2) is 14.6 Å². The van der Waals surface area contributed by atoms with Crippen LogP contribution in [0.3, 0.4) is 0 Å². The van der Waals surface area contributed by atoms with Gasteiger partial charge < -0.3 is 15.2 Å². The summed E-state index contributed by atoms with van der Waals surface area (Å²) in [7, 11) is 2.08. The van der Waals surface area contributed by atoms with Gasteiger partial charge in [0, 0.05) is 31.9 Å². The molecule has 26 heavy (non-hydrogen) atoms. The van der Waals surface area contributed by atoms with Crippen molar-refractivity contribution < 1.29 is 0 Å². The standard InChI is InChI=1S/C18H21N7S/c1-23-13(5-2-7-24-8-4-9-24)22-15-16(23)17-12(21-18(15)19)11-14(26-17)25-10-3-6-20-25/h3,6,10-11H,2,4-5,7-9H2,1H3,(H2,19,21). The highest BCUT2D eigenvalue weighted by Gasteiger charge is 2.19. The number of likely N-dealkylation sites (tertiary alicyclic amines) is 1. The lowest BCUT2D eigenvalue weighted by molar-refractivity contribution is 0.179. The Morgan fingerprint density at radius 1 is 1.27 bits per heavy atom. The smallest absolute Gasteiger partial charge is 0.152 e. The Kier molecular flexibility index (Phi) is 3.68. The highest BCUT2D eigenvalue weighted by molar-refractivity contribution is 7.22. The van der Waals surface area contributed by atoms with Crippen LogP contribution in [0.15, 0.2) is 24.5 Å². The first-order valence-electron chi connectivity index (χ1n) is 8.97. The largest absolute Gasteiger partial charge is 0.382 e. The fourth-order valence-corrected chi connectivity index (χ4v) is 4.71. The summed E-state index contributed by atoms with van der Waals surface area (Å²) in [6.45, 7) is 3.63.